The maximum Gasteiger partial charge on any atom is 0.340 e. The fourth-order valence-corrected chi connectivity index (χ4v) is 3.60. The summed E-state index contributed by atoms with van der Waals surface area (Å²) in [6.45, 7) is 3.58. The van der Waals surface area contributed by atoms with E-state index in [1.807, 2.05) is 25.1 Å². The highest BCUT2D eigenvalue weighted by molar-refractivity contribution is 6.37. The Morgan fingerprint density at radius 2 is 1.89 bits per heavy atom. The smallest absolute Gasteiger partial charge is 0.340 e. The first-order chi connectivity index (χ1) is 13.3. The number of carbonyl (C=O) groups is 2. The minimum Gasteiger partial charge on any atom is -0.452 e. The second-order valence-electron chi connectivity index (χ2n) is 6.67. The molecule has 1 aliphatic heterocycles. The number of esters is 1. The van der Waals surface area contributed by atoms with E-state index in [2.05, 4.69) is 10.2 Å². The molecule has 2 aromatic rings. The number of benzene rings is 2. The predicted octanol–water partition coefficient (Wildman–Crippen LogP) is 4.28. The molecule has 1 fully saturated rings. The molecular weight excluding hydrogens is 401 g/mol. The van der Waals surface area contributed by atoms with Gasteiger partial charge in [-0.15, -0.1) is 0 Å². The van der Waals surface area contributed by atoms with Crippen LogP contribution in [-0.4, -0.2) is 31.6 Å². The summed E-state index contributed by atoms with van der Waals surface area (Å²) in [5, 5.41) is 3.16. The molecule has 6 nitrogen and oxygen atoms in total. The summed E-state index contributed by atoms with van der Waals surface area (Å²) < 4.78 is 5.04. The lowest BCUT2D eigenvalue weighted by Crippen LogP contribution is -2.22. The van der Waals surface area contributed by atoms with Gasteiger partial charge in [-0.3, -0.25) is 4.79 Å². The molecule has 3 rings (SSSR count). The van der Waals surface area contributed by atoms with Crippen LogP contribution in [0.25, 0.3) is 0 Å². The van der Waals surface area contributed by atoms with E-state index in [0.29, 0.717) is 5.69 Å². The number of ether oxygens (including phenoxy) is 1. The van der Waals surface area contributed by atoms with Gasteiger partial charge in [-0.1, -0.05) is 23.2 Å². The third kappa shape index (κ3) is 4.69. The molecule has 0 saturated carbocycles. The molecule has 1 aliphatic rings. The number of hydrogen-bond donors (Lipinski definition) is 2. The largest absolute Gasteiger partial charge is 0.452 e. The number of anilines is 3. The highest BCUT2D eigenvalue weighted by Crippen LogP contribution is 2.28. The van der Waals surface area contributed by atoms with Crippen molar-refractivity contribution in [3.05, 3.63) is 51.5 Å². The average molecular weight is 422 g/mol. The van der Waals surface area contributed by atoms with Gasteiger partial charge in [0.15, 0.2) is 6.61 Å². The van der Waals surface area contributed by atoms with Gasteiger partial charge in [0.05, 0.1) is 16.3 Å². The van der Waals surface area contributed by atoms with E-state index in [1.54, 1.807) is 0 Å². The van der Waals surface area contributed by atoms with Gasteiger partial charge in [-0.25, -0.2) is 4.79 Å². The Kier molecular flexibility index (Phi) is 6.31. The van der Waals surface area contributed by atoms with E-state index in [1.165, 1.54) is 25.0 Å². The van der Waals surface area contributed by atoms with E-state index in [0.717, 1.165) is 24.3 Å². The van der Waals surface area contributed by atoms with Crippen molar-refractivity contribution in [3.63, 3.8) is 0 Å². The van der Waals surface area contributed by atoms with E-state index >= 15 is 0 Å². The fourth-order valence-electron chi connectivity index (χ4n) is 3.11. The summed E-state index contributed by atoms with van der Waals surface area (Å²) in [6.07, 6.45) is 2.40. The summed E-state index contributed by atoms with van der Waals surface area (Å²) in [7, 11) is 0. The van der Waals surface area contributed by atoms with Gasteiger partial charge in [0.25, 0.3) is 5.91 Å². The van der Waals surface area contributed by atoms with Crippen LogP contribution in [0.2, 0.25) is 10.0 Å². The predicted molar refractivity (Wildman–Crippen MR) is 112 cm³/mol. The van der Waals surface area contributed by atoms with Gasteiger partial charge >= 0.3 is 5.97 Å². The number of hydrogen-bond acceptors (Lipinski definition) is 5. The first-order valence-corrected chi connectivity index (χ1v) is 9.68. The van der Waals surface area contributed by atoms with Crippen molar-refractivity contribution in [2.45, 2.75) is 19.8 Å². The summed E-state index contributed by atoms with van der Waals surface area (Å²) >= 11 is 11.8. The van der Waals surface area contributed by atoms with Crippen molar-refractivity contribution >= 4 is 52.1 Å². The van der Waals surface area contributed by atoms with Crippen LogP contribution < -0.4 is 16.0 Å². The van der Waals surface area contributed by atoms with Crippen molar-refractivity contribution in [2.24, 2.45) is 0 Å². The first-order valence-electron chi connectivity index (χ1n) is 8.92. The number of nitrogens with two attached hydrogens (primary N) is 1. The number of nitrogens with one attached hydrogen (secondary N) is 1. The van der Waals surface area contributed by atoms with Crippen molar-refractivity contribution in [2.75, 3.05) is 35.6 Å². The number of nitrogens with zero attached hydrogens (tertiary/aromatic N) is 1. The molecule has 148 valence electrons. The molecule has 1 saturated heterocycles. The zero-order valence-corrected chi connectivity index (χ0v) is 16.9. The molecule has 0 atom stereocenters. The Balaban J connectivity index is 1.59. The van der Waals surface area contributed by atoms with Crippen LogP contribution in [-0.2, 0) is 9.53 Å². The SMILES string of the molecule is Cc1cc(N2CCCC2)ccc1NC(=O)COC(=O)c1cc(Cl)cc(Cl)c1N. The number of rotatable bonds is 5. The lowest BCUT2D eigenvalue weighted by Gasteiger charge is -2.19. The van der Waals surface area contributed by atoms with Crippen LogP contribution >= 0.6 is 23.2 Å². The second-order valence-corrected chi connectivity index (χ2v) is 7.51. The molecule has 28 heavy (non-hydrogen) atoms. The fraction of sp³-hybridized carbons (Fsp3) is 0.300. The van der Waals surface area contributed by atoms with E-state index < -0.39 is 18.5 Å². The molecule has 8 heteroatoms. The molecule has 0 spiro atoms. The summed E-state index contributed by atoms with van der Waals surface area (Å²) in [5.41, 5.74) is 8.62. The highest BCUT2D eigenvalue weighted by Gasteiger charge is 2.17. The van der Waals surface area contributed by atoms with Gasteiger partial charge in [0.1, 0.15) is 0 Å². The van der Waals surface area contributed by atoms with Crippen LogP contribution in [0.4, 0.5) is 17.1 Å². The monoisotopic (exact) mass is 421 g/mol. The molecule has 0 radical (unpaired) electrons. The number of carbonyl (C=O) groups excluding carboxylic acids is 2. The first kappa shape index (κ1) is 20.3. The number of nitrogen functional groups attached to an aromatic ring is 1. The van der Waals surface area contributed by atoms with Crippen molar-refractivity contribution in [1.29, 1.82) is 0 Å². The molecule has 0 unspecified atom stereocenters. The third-order valence-electron chi connectivity index (χ3n) is 4.60. The quantitative estimate of drug-likeness (QED) is 0.555. The van der Waals surface area contributed by atoms with Crippen LogP contribution in [0.15, 0.2) is 30.3 Å². The Morgan fingerprint density at radius 1 is 1.18 bits per heavy atom. The normalized spacial score (nSPS) is 13.5. The maximum absolute atomic E-state index is 12.2. The number of halogens is 2. The van der Waals surface area contributed by atoms with Gasteiger partial charge in [-0.2, -0.15) is 0 Å². The van der Waals surface area contributed by atoms with E-state index in [4.69, 9.17) is 33.7 Å². The standard InChI is InChI=1S/C20H21Cl2N3O3/c1-12-8-14(25-6-2-3-7-25)4-5-17(12)24-18(26)11-28-20(27)15-9-13(21)10-16(22)19(15)23/h4-5,8-10H,2-3,6-7,11,23H2,1H3,(H,24,26). The Hall–Kier alpha value is -2.44. The zero-order chi connectivity index (χ0) is 20.3. The zero-order valence-electron chi connectivity index (χ0n) is 15.4. The van der Waals surface area contributed by atoms with Crippen LogP contribution in [0.3, 0.4) is 0 Å². The second kappa shape index (κ2) is 8.71. The Labute approximate surface area is 173 Å². The summed E-state index contributed by atoms with van der Waals surface area (Å²) in [4.78, 5) is 26.7. The molecule has 0 aliphatic carbocycles. The molecule has 1 heterocycles. The Bertz CT molecular complexity index is 912. The molecule has 0 bridgehead atoms. The molecular formula is C20H21Cl2N3O3. The van der Waals surface area contributed by atoms with Crippen molar-refractivity contribution < 1.29 is 14.3 Å². The van der Waals surface area contributed by atoms with Crippen LogP contribution in [0.5, 0.6) is 0 Å². The molecule has 3 N–H and O–H groups in total. The number of aryl methyl sites for hydroxylation is 1. The lowest BCUT2D eigenvalue weighted by molar-refractivity contribution is -0.119. The van der Waals surface area contributed by atoms with Crippen LogP contribution in [0, 0.1) is 6.92 Å². The maximum atomic E-state index is 12.2. The number of amides is 1. The van der Waals surface area contributed by atoms with Gasteiger partial charge < -0.3 is 20.7 Å². The molecule has 2 aromatic carbocycles. The van der Waals surface area contributed by atoms with Crippen molar-refractivity contribution in [3.8, 4) is 0 Å². The summed E-state index contributed by atoms with van der Waals surface area (Å²) in [5.74, 6) is -1.21. The lowest BCUT2D eigenvalue weighted by atomic mass is 10.1. The topological polar surface area (TPSA) is 84.7 Å². The van der Waals surface area contributed by atoms with Gasteiger partial charge in [0, 0.05) is 29.5 Å². The molecule has 0 aromatic heterocycles. The highest BCUT2D eigenvalue weighted by atomic mass is 35.5. The van der Waals surface area contributed by atoms with Crippen molar-refractivity contribution in [1.82, 2.24) is 0 Å². The third-order valence-corrected chi connectivity index (χ3v) is 5.13. The van der Waals surface area contributed by atoms with Gasteiger partial charge in [0.2, 0.25) is 0 Å². The van der Waals surface area contributed by atoms with Gasteiger partial charge in [-0.05, 0) is 55.7 Å². The van der Waals surface area contributed by atoms with E-state index in [-0.39, 0.29) is 21.3 Å². The minimum absolute atomic E-state index is 0.0245. The molecule has 1 amide bonds. The minimum atomic E-state index is -0.766. The average Bonchev–Trinajstić information content (AvgIpc) is 3.19. The Morgan fingerprint density at radius 3 is 2.57 bits per heavy atom. The summed E-state index contributed by atoms with van der Waals surface area (Å²) in [6, 6.07) is 8.66. The van der Waals surface area contributed by atoms with E-state index in [9.17, 15) is 9.59 Å². The van der Waals surface area contributed by atoms with Crippen LogP contribution in [0.1, 0.15) is 28.8 Å².